The Kier molecular flexibility index (Phi) is 5.67. The molecule has 0 aromatic rings. The van der Waals surface area contributed by atoms with Crippen LogP contribution in [0.5, 0.6) is 0 Å². The van der Waals surface area contributed by atoms with Gasteiger partial charge in [-0.05, 0) is 20.3 Å². The lowest BCUT2D eigenvalue weighted by Gasteiger charge is -2.23. The van der Waals surface area contributed by atoms with Crippen molar-refractivity contribution < 1.29 is 19.1 Å². The normalized spacial score (nSPS) is 10.6. The maximum absolute atomic E-state index is 11.2. The van der Waals surface area contributed by atoms with Crippen LogP contribution in [0.4, 0.5) is 0 Å². The molecular weight excluding hydrogens is 196 g/mol. The first kappa shape index (κ1) is 13.7. The van der Waals surface area contributed by atoms with E-state index in [1.165, 1.54) is 0 Å². The van der Waals surface area contributed by atoms with E-state index in [2.05, 4.69) is 11.3 Å². The maximum Gasteiger partial charge on any atom is 0.330 e. The van der Waals surface area contributed by atoms with Gasteiger partial charge in [-0.25, -0.2) is 4.79 Å². The second-order valence-electron chi connectivity index (χ2n) is 3.71. The SMILES string of the molecule is C=CC(=O)OCCC(=O)OC(C)(C)CC. The molecule has 0 atom stereocenters. The van der Waals surface area contributed by atoms with Crippen LogP contribution in [0.3, 0.4) is 0 Å². The maximum atomic E-state index is 11.2. The van der Waals surface area contributed by atoms with Crippen molar-refractivity contribution in [1.29, 1.82) is 0 Å². The molecule has 0 N–H and O–H groups in total. The topological polar surface area (TPSA) is 52.6 Å². The fourth-order valence-corrected chi connectivity index (χ4v) is 0.725. The summed E-state index contributed by atoms with van der Waals surface area (Å²) in [6, 6.07) is 0. The van der Waals surface area contributed by atoms with Crippen LogP contribution in [0, 0.1) is 0 Å². The summed E-state index contributed by atoms with van der Waals surface area (Å²) in [6.07, 6.45) is 1.87. The average Bonchev–Trinajstić information content (AvgIpc) is 2.16. The van der Waals surface area contributed by atoms with Crippen LogP contribution in [0.15, 0.2) is 12.7 Å². The molecule has 0 aliphatic heterocycles. The van der Waals surface area contributed by atoms with Gasteiger partial charge < -0.3 is 9.47 Å². The van der Waals surface area contributed by atoms with E-state index in [1.54, 1.807) is 0 Å². The Balaban J connectivity index is 3.76. The predicted molar refractivity (Wildman–Crippen MR) is 56.2 cm³/mol. The van der Waals surface area contributed by atoms with Crippen LogP contribution in [0.25, 0.3) is 0 Å². The number of esters is 2. The van der Waals surface area contributed by atoms with Gasteiger partial charge in [0.15, 0.2) is 0 Å². The minimum absolute atomic E-state index is 0.0312. The zero-order valence-corrected chi connectivity index (χ0v) is 9.54. The first-order valence-corrected chi connectivity index (χ1v) is 4.92. The van der Waals surface area contributed by atoms with Gasteiger partial charge in [0, 0.05) is 6.08 Å². The Morgan fingerprint density at radius 1 is 1.40 bits per heavy atom. The van der Waals surface area contributed by atoms with E-state index in [0.717, 1.165) is 12.5 Å². The van der Waals surface area contributed by atoms with Gasteiger partial charge in [0.1, 0.15) is 12.2 Å². The zero-order chi connectivity index (χ0) is 11.9. The summed E-state index contributed by atoms with van der Waals surface area (Å²) in [5, 5.41) is 0. The monoisotopic (exact) mass is 214 g/mol. The molecule has 0 saturated carbocycles. The fourth-order valence-electron chi connectivity index (χ4n) is 0.725. The summed E-state index contributed by atoms with van der Waals surface area (Å²) in [7, 11) is 0. The second kappa shape index (κ2) is 6.22. The van der Waals surface area contributed by atoms with Crippen molar-refractivity contribution in [1.82, 2.24) is 0 Å². The van der Waals surface area contributed by atoms with Crippen molar-refractivity contribution in [3.05, 3.63) is 12.7 Å². The van der Waals surface area contributed by atoms with E-state index >= 15 is 0 Å². The predicted octanol–water partition coefficient (Wildman–Crippen LogP) is 1.84. The van der Waals surface area contributed by atoms with Crippen molar-refractivity contribution in [2.24, 2.45) is 0 Å². The van der Waals surface area contributed by atoms with Crippen molar-refractivity contribution >= 4 is 11.9 Å². The number of carbonyl (C=O) groups is 2. The molecule has 0 aromatic heterocycles. The van der Waals surface area contributed by atoms with Crippen molar-refractivity contribution in [2.75, 3.05) is 6.61 Å². The molecule has 0 bridgehead atoms. The number of ether oxygens (including phenoxy) is 2. The minimum atomic E-state index is -0.530. The highest BCUT2D eigenvalue weighted by Crippen LogP contribution is 2.14. The van der Waals surface area contributed by atoms with Gasteiger partial charge in [-0.3, -0.25) is 4.79 Å². The lowest BCUT2D eigenvalue weighted by atomic mass is 10.1. The van der Waals surface area contributed by atoms with Gasteiger partial charge in [-0.1, -0.05) is 13.5 Å². The molecule has 0 radical (unpaired) electrons. The first-order chi connectivity index (χ1) is 6.91. The molecule has 0 unspecified atom stereocenters. The fraction of sp³-hybridized carbons (Fsp3) is 0.636. The summed E-state index contributed by atoms with van der Waals surface area (Å²) in [5.41, 5.74) is -0.459. The summed E-state index contributed by atoms with van der Waals surface area (Å²) >= 11 is 0. The second-order valence-corrected chi connectivity index (χ2v) is 3.71. The highest BCUT2D eigenvalue weighted by molar-refractivity contribution is 5.81. The molecule has 0 aromatic carbocycles. The number of hydrogen-bond donors (Lipinski definition) is 0. The third-order valence-corrected chi connectivity index (χ3v) is 1.96. The molecule has 4 heteroatoms. The smallest absolute Gasteiger partial charge is 0.330 e. The van der Waals surface area contributed by atoms with Gasteiger partial charge in [-0.2, -0.15) is 0 Å². The van der Waals surface area contributed by atoms with Crippen LogP contribution < -0.4 is 0 Å². The Bertz CT molecular complexity index is 243. The molecular formula is C11H18O4. The number of carbonyl (C=O) groups excluding carboxylic acids is 2. The van der Waals surface area contributed by atoms with Crippen LogP contribution >= 0.6 is 0 Å². The number of hydrogen-bond acceptors (Lipinski definition) is 4. The molecule has 86 valence electrons. The van der Waals surface area contributed by atoms with Gasteiger partial charge in [0.2, 0.25) is 0 Å². The van der Waals surface area contributed by atoms with Crippen molar-refractivity contribution in [3.8, 4) is 0 Å². The van der Waals surface area contributed by atoms with Crippen molar-refractivity contribution in [2.45, 2.75) is 39.2 Å². The lowest BCUT2D eigenvalue weighted by Crippen LogP contribution is -2.27. The minimum Gasteiger partial charge on any atom is -0.462 e. The molecule has 0 fully saturated rings. The Labute approximate surface area is 90.2 Å². The Hall–Kier alpha value is -1.32. The highest BCUT2D eigenvalue weighted by atomic mass is 16.6. The molecule has 0 heterocycles. The van der Waals surface area contributed by atoms with E-state index in [1.807, 2.05) is 20.8 Å². The third kappa shape index (κ3) is 6.71. The first-order valence-electron chi connectivity index (χ1n) is 4.92. The van der Waals surface area contributed by atoms with Crippen LogP contribution in [-0.4, -0.2) is 24.1 Å². The van der Waals surface area contributed by atoms with Crippen molar-refractivity contribution in [3.63, 3.8) is 0 Å². The van der Waals surface area contributed by atoms with Crippen LogP contribution in [0.1, 0.15) is 33.6 Å². The van der Waals surface area contributed by atoms with Crippen LogP contribution in [0.2, 0.25) is 0 Å². The zero-order valence-electron chi connectivity index (χ0n) is 9.54. The van der Waals surface area contributed by atoms with E-state index < -0.39 is 11.6 Å². The quantitative estimate of drug-likeness (QED) is 0.500. The van der Waals surface area contributed by atoms with E-state index in [-0.39, 0.29) is 19.0 Å². The molecule has 0 spiro atoms. The van der Waals surface area contributed by atoms with Crippen LogP contribution in [-0.2, 0) is 19.1 Å². The van der Waals surface area contributed by atoms with Gasteiger partial charge in [-0.15, -0.1) is 0 Å². The molecule has 0 aliphatic carbocycles. The molecule has 0 amide bonds. The Morgan fingerprint density at radius 3 is 2.47 bits per heavy atom. The van der Waals surface area contributed by atoms with Gasteiger partial charge in [0.25, 0.3) is 0 Å². The standard InChI is InChI=1S/C11H18O4/c1-5-9(12)14-8-7-10(13)15-11(3,4)6-2/h5H,1,6-8H2,2-4H3. The summed E-state index contributed by atoms with van der Waals surface area (Å²) in [5.74, 6) is -0.892. The lowest BCUT2D eigenvalue weighted by molar-refractivity contribution is -0.158. The summed E-state index contributed by atoms with van der Waals surface area (Å²) in [6.45, 7) is 8.88. The molecule has 0 rings (SSSR count). The van der Waals surface area contributed by atoms with E-state index in [9.17, 15) is 9.59 Å². The van der Waals surface area contributed by atoms with E-state index in [4.69, 9.17) is 4.74 Å². The Morgan fingerprint density at radius 2 is 2.00 bits per heavy atom. The molecule has 0 saturated heterocycles. The molecule has 15 heavy (non-hydrogen) atoms. The van der Waals surface area contributed by atoms with Gasteiger partial charge in [0.05, 0.1) is 6.42 Å². The number of rotatable bonds is 6. The van der Waals surface area contributed by atoms with Gasteiger partial charge >= 0.3 is 11.9 Å². The summed E-state index contributed by atoms with van der Waals surface area (Å²) < 4.78 is 9.80. The van der Waals surface area contributed by atoms with E-state index in [0.29, 0.717) is 0 Å². The highest BCUT2D eigenvalue weighted by Gasteiger charge is 2.20. The third-order valence-electron chi connectivity index (χ3n) is 1.96. The molecule has 0 aliphatic rings. The molecule has 4 nitrogen and oxygen atoms in total. The average molecular weight is 214 g/mol. The largest absolute Gasteiger partial charge is 0.462 e. The summed E-state index contributed by atoms with van der Waals surface area (Å²) in [4.78, 5) is 21.9.